The van der Waals surface area contributed by atoms with E-state index in [9.17, 15) is 4.79 Å². The number of rotatable bonds is 3. The van der Waals surface area contributed by atoms with Crippen LogP contribution in [0.5, 0.6) is 5.75 Å². The Labute approximate surface area is 101 Å². The Morgan fingerprint density at radius 2 is 2.18 bits per heavy atom. The summed E-state index contributed by atoms with van der Waals surface area (Å²) in [6, 6.07) is 7.56. The Morgan fingerprint density at radius 3 is 2.88 bits per heavy atom. The molecule has 1 aromatic carbocycles. The average molecular weight is 234 g/mol. The largest absolute Gasteiger partial charge is 0.491 e. The van der Waals surface area contributed by atoms with Gasteiger partial charge in [0.25, 0.3) is 0 Å². The lowest BCUT2D eigenvalue weighted by Gasteiger charge is -2.18. The van der Waals surface area contributed by atoms with Gasteiger partial charge in [0.15, 0.2) is 0 Å². The molecule has 3 atom stereocenters. The zero-order valence-corrected chi connectivity index (χ0v) is 10.1. The third-order valence-electron chi connectivity index (χ3n) is 3.22. The van der Waals surface area contributed by atoms with Crippen LogP contribution in [0.1, 0.15) is 25.5 Å². The monoisotopic (exact) mass is 234 g/mol. The van der Waals surface area contributed by atoms with Gasteiger partial charge in [-0.25, -0.2) is 0 Å². The molecule has 1 amide bonds. The molecule has 0 saturated carbocycles. The van der Waals surface area contributed by atoms with E-state index in [1.54, 1.807) is 0 Å². The lowest BCUT2D eigenvalue weighted by Crippen LogP contribution is -2.40. The van der Waals surface area contributed by atoms with Gasteiger partial charge in [0.05, 0.1) is 6.04 Å². The van der Waals surface area contributed by atoms with Crippen LogP contribution in [0.2, 0.25) is 0 Å². The summed E-state index contributed by atoms with van der Waals surface area (Å²) in [7, 11) is 0. The van der Waals surface area contributed by atoms with Gasteiger partial charge in [0.2, 0.25) is 5.91 Å². The zero-order chi connectivity index (χ0) is 12.4. The van der Waals surface area contributed by atoms with Gasteiger partial charge in [0.1, 0.15) is 12.4 Å². The van der Waals surface area contributed by atoms with Crippen molar-refractivity contribution in [1.82, 2.24) is 5.32 Å². The first-order valence-electron chi connectivity index (χ1n) is 5.87. The molecule has 0 radical (unpaired) electrons. The van der Waals surface area contributed by atoms with Crippen molar-refractivity contribution in [3.63, 3.8) is 0 Å². The Hall–Kier alpha value is -1.55. The number of nitrogens with two attached hydrogens (primary N) is 1. The number of carbonyl (C=O) groups excluding carboxylic acids is 1. The van der Waals surface area contributed by atoms with Crippen LogP contribution in [0.4, 0.5) is 0 Å². The van der Waals surface area contributed by atoms with Gasteiger partial charge >= 0.3 is 0 Å². The molecule has 1 heterocycles. The standard InChI is InChI=1S/C13H18N2O2/c1-8(9(2)14)13(16)15-11-7-17-12-6-4-3-5-10(11)12/h3-6,8-9,11H,7,14H2,1-2H3,(H,15,16). The first-order valence-corrected chi connectivity index (χ1v) is 5.87. The normalized spacial score (nSPS) is 21.2. The van der Waals surface area contributed by atoms with Crippen LogP contribution in [-0.2, 0) is 4.79 Å². The molecule has 3 N–H and O–H groups in total. The molecule has 1 aliphatic rings. The van der Waals surface area contributed by atoms with Crippen molar-refractivity contribution >= 4 is 5.91 Å². The SMILES string of the molecule is CC(N)C(C)C(=O)NC1COc2ccccc21. The second-order valence-corrected chi connectivity index (χ2v) is 4.56. The van der Waals surface area contributed by atoms with Crippen LogP contribution in [0.15, 0.2) is 24.3 Å². The van der Waals surface area contributed by atoms with Crippen molar-refractivity contribution < 1.29 is 9.53 Å². The molecule has 92 valence electrons. The molecule has 0 fully saturated rings. The van der Waals surface area contributed by atoms with Crippen LogP contribution >= 0.6 is 0 Å². The maximum Gasteiger partial charge on any atom is 0.224 e. The van der Waals surface area contributed by atoms with Crippen LogP contribution in [-0.4, -0.2) is 18.6 Å². The molecule has 1 aromatic rings. The summed E-state index contributed by atoms with van der Waals surface area (Å²) in [5.41, 5.74) is 6.75. The fourth-order valence-corrected chi connectivity index (χ4v) is 1.82. The van der Waals surface area contributed by atoms with Crippen LogP contribution < -0.4 is 15.8 Å². The summed E-state index contributed by atoms with van der Waals surface area (Å²) in [5, 5.41) is 2.97. The number of ether oxygens (including phenoxy) is 1. The summed E-state index contributed by atoms with van der Waals surface area (Å²) in [5.74, 6) is 0.638. The molecule has 0 aliphatic carbocycles. The second kappa shape index (κ2) is 4.75. The highest BCUT2D eigenvalue weighted by Gasteiger charge is 2.27. The van der Waals surface area contributed by atoms with E-state index < -0.39 is 0 Å². The lowest BCUT2D eigenvalue weighted by atomic mass is 10.0. The maximum absolute atomic E-state index is 11.9. The van der Waals surface area contributed by atoms with Crippen molar-refractivity contribution in [1.29, 1.82) is 0 Å². The van der Waals surface area contributed by atoms with E-state index in [2.05, 4.69) is 5.32 Å². The Morgan fingerprint density at radius 1 is 1.47 bits per heavy atom. The van der Waals surface area contributed by atoms with E-state index in [1.807, 2.05) is 38.1 Å². The molecule has 0 saturated heterocycles. The molecule has 3 unspecified atom stereocenters. The Bertz CT molecular complexity index is 418. The van der Waals surface area contributed by atoms with E-state index in [4.69, 9.17) is 10.5 Å². The van der Waals surface area contributed by atoms with Crippen molar-refractivity contribution in [2.24, 2.45) is 11.7 Å². The summed E-state index contributed by atoms with van der Waals surface area (Å²) < 4.78 is 5.51. The van der Waals surface area contributed by atoms with Crippen LogP contribution in [0.3, 0.4) is 0 Å². The molecule has 0 bridgehead atoms. The highest BCUT2D eigenvalue weighted by molar-refractivity contribution is 5.79. The van der Waals surface area contributed by atoms with E-state index in [1.165, 1.54) is 0 Å². The molecule has 2 rings (SSSR count). The fraction of sp³-hybridized carbons (Fsp3) is 0.462. The third kappa shape index (κ3) is 2.42. The number of amides is 1. The van der Waals surface area contributed by atoms with Gasteiger partial charge in [0, 0.05) is 17.5 Å². The van der Waals surface area contributed by atoms with Crippen molar-refractivity contribution in [2.45, 2.75) is 25.9 Å². The number of hydrogen-bond acceptors (Lipinski definition) is 3. The predicted molar refractivity (Wildman–Crippen MR) is 65.6 cm³/mol. The summed E-state index contributed by atoms with van der Waals surface area (Å²) in [6.45, 7) is 4.17. The lowest BCUT2D eigenvalue weighted by molar-refractivity contribution is -0.125. The summed E-state index contributed by atoms with van der Waals surface area (Å²) in [6.07, 6.45) is 0. The predicted octanol–water partition coefficient (Wildman–Crippen LogP) is 1.22. The fourth-order valence-electron chi connectivity index (χ4n) is 1.82. The first-order chi connectivity index (χ1) is 8.09. The molecule has 0 spiro atoms. The molecular weight excluding hydrogens is 216 g/mol. The molecule has 4 heteroatoms. The smallest absolute Gasteiger partial charge is 0.224 e. The number of para-hydroxylation sites is 1. The second-order valence-electron chi connectivity index (χ2n) is 4.56. The minimum atomic E-state index is -0.192. The minimum absolute atomic E-state index is 0.0229. The summed E-state index contributed by atoms with van der Waals surface area (Å²) in [4.78, 5) is 11.9. The van der Waals surface area contributed by atoms with Gasteiger partial charge in [-0.05, 0) is 13.0 Å². The highest BCUT2D eigenvalue weighted by atomic mass is 16.5. The Kier molecular flexibility index (Phi) is 3.33. The third-order valence-corrected chi connectivity index (χ3v) is 3.22. The average Bonchev–Trinajstić information content (AvgIpc) is 2.71. The van der Waals surface area contributed by atoms with Gasteiger partial charge in [-0.3, -0.25) is 4.79 Å². The van der Waals surface area contributed by atoms with Gasteiger partial charge in [-0.2, -0.15) is 0 Å². The molecule has 17 heavy (non-hydrogen) atoms. The van der Waals surface area contributed by atoms with Gasteiger partial charge in [-0.1, -0.05) is 25.1 Å². The molecule has 1 aliphatic heterocycles. The number of nitrogens with one attached hydrogen (secondary N) is 1. The quantitative estimate of drug-likeness (QED) is 0.826. The van der Waals surface area contributed by atoms with E-state index in [0.717, 1.165) is 11.3 Å². The van der Waals surface area contributed by atoms with Crippen molar-refractivity contribution in [3.8, 4) is 5.75 Å². The molecular formula is C13H18N2O2. The minimum Gasteiger partial charge on any atom is -0.491 e. The Balaban J connectivity index is 2.05. The first kappa shape index (κ1) is 11.9. The van der Waals surface area contributed by atoms with E-state index in [-0.39, 0.29) is 23.9 Å². The van der Waals surface area contributed by atoms with E-state index >= 15 is 0 Å². The van der Waals surface area contributed by atoms with E-state index in [0.29, 0.717) is 6.61 Å². The number of carbonyl (C=O) groups is 1. The zero-order valence-electron chi connectivity index (χ0n) is 10.1. The van der Waals surface area contributed by atoms with Gasteiger partial charge < -0.3 is 15.8 Å². The maximum atomic E-state index is 11.9. The number of benzene rings is 1. The molecule has 4 nitrogen and oxygen atoms in total. The van der Waals surface area contributed by atoms with Crippen LogP contribution in [0, 0.1) is 5.92 Å². The van der Waals surface area contributed by atoms with Gasteiger partial charge in [-0.15, -0.1) is 0 Å². The van der Waals surface area contributed by atoms with Crippen molar-refractivity contribution in [2.75, 3.05) is 6.61 Å². The summed E-state index contributed by atoms with van der Waals surface area (Å²) >= 11 is 0. The molecule has 0 aromatic heterocycles. The number of fused-ring (bicyclic) bond motifs is 1. The van der Waals surface area contributed by atoms with Crippen LogP contribution in [0.25, 0.3) is 0 Å². The van der Waals surface area contributed by atoms with Crippen molar-refractivity contribution in [3.05, 3.63) is 29.8 Å². The number of hydrogen-bond donors (Lipinski definition) is 2. The highest BCUT2D eigenvalue weighted by Crippen LogP contribution is 2.31. The topological polar surface area (TPSA) is 64.4 Å².